The maximum atomic E-state index is 11.8. The second kappa shape index (κ2) is 6.14. The summed E-state index contributed by atoms with van der Waals surface area (Å²) in [7, 11) is 0. The molecule has 0 saturated carbocycles. The number of likely N-dealkylation sites (tertiary alicyclic amines) is 1. The molecule has 4 heteroatoms. The molecule has 0 spiro atoms. The van der Waals surface area contributed by atoms with E-state index < -0.39 is 0 Å². The Morgan fingerprint density at radius 3 is 2.43 bits per heavy atom. The van der Waals surface area contributed by atoms with Gasteiger partial charge in [0.15, 0.2) is 0 Å². The predicted octanol–water partition coefficient (Wildman–Crippen LogP) is 2.18. The van der Waals surface area contributed by atoms with Gasteiger partial charge in [-0.05, 0) is 56.1 Å². The smallest absolute Gasteiger partial charge is 0.258 e. The van der Waals surface area contributed by atoms with Crippen molar-refractivity contribution in [1.82, 2.24) is 9.47 Å². The molecule has 0 unspecified atom stereocenters. The summed E-state index contributed by atoms with van der Waals surface area (Å²) in [6, 6.07) is 10.8. The molecule has 1 aliphatic rings. The highest BCUT2D eigenvalue weighted by Gasteiger charge is 2.10. The second-order valence-corrected chi connectivity index (χ2v) is 5.56. The van der Waals surface area contributed by atoms with Gasteiger partial charge in [0, 0.05) is 24.5 Å². The second-order valence-electron chi connectivity index (χ2n) is 5.56. The molecular formula is C17H20N2O2. The Bertz CT molecular complexity index is 655. The van der Waals surface area contributed by atoms with Crippen LogP contribution in [0.2, 0.25) is 0 Å². The van der Waals surface area contributed by atoms with E-state index in [4.69, 9.17) is 0 Å². The lowest BCUT2D eigenvalue weighted by Crippen LogP contribution is -2.22. The van der Waals surface area contributed by atoms with Crippen LogP contribution in [0, 0.1) is 0 Å². The van der Waals surface area contributed by atoms with E-state index in [1.165, 1.54) is 48.2 Å². The zero-order valence-corrected chi connectivity index (χ0v) is 12.0. The normalized spacial score (nSPS) is 15.4. The number of pyridine rings is 1. The van der Waals surface area contributed by atoms with Crippen LogP contribution < -0.4 is 5.56 Å². The standard InChI is InChI=1S/C17H20N2O2/c20-16-8-12-19(17(21)13-16)15-5-3-14(4-6-15)7-11-18-9-1-2-10-18/h3-6,8,12-13,20H,1-2,7,9-11H2. The van der Waals surface area contributed by atoms with Gasteiger partial charge in [0.05, 0.1) is 0 Å². The van der Waals surface area contributed by atoms with E-state index in [0.29, 0.717) is 0 Å². The Balaban J connectivity index is 1.69. The molecule has 110 valence electrons. The van der Waals surface area contributed by atoms with Crippen molar-refractivity contribution in [3.63, 3.8) is 0 Å². The zero-order valence-electron chi connectivity index (χ0n) is 12.0. The number of hydrogen-bond acceptors (Lipinski definition) is 3. The van der Waals surface area contributed by atoms with Gasteiger partial charge in [-0.1, -0.05) is 12.1 Å². The molecule has 1 saturated heterocycles. The molecule has 0 radical (unpaired) electrons. The van der Waals surface area contributed by atoms with E-state index in [0.717, 1.165) is 18.7 Å². The van der Waals surface area contributed by atoms with Crippen LogP contribution in [0.3, 0.4) is 0 Å². The lowest BCUT2D eigenvalue weighted by atomic mass is 10.1. The molecule has 21 heavy (non-hydrogen) atoms. The number of aromatic hydroxyl groups is 1. The van der Waals surface area contributed by atoms with Crippen LogP contribution in [0.5, 0.6) is 5.75 Å². The molecule has 1 aromatic carbocycles. The van der Waals surface area contributed by atoms with Crippen molar-refractivity contribution in [3.05, 3.63) is 58.5 Å². The van der Waals surface area contributed by atoms with Gasteiger partial charge < -0.3 is 10.0 Å². The van der Waals surface area contributed by atoms with Gasteiger partial charge in [-0.15, -0.1) is 0 Å². The summed E-state index contributed by atoms with van der Waals surface area (Å²) in [5.74, 6) is -0.00140. The van der Waals surface area contributed by atoms with Crippen molar-refractivity contribution in [1.29, 1.82) is 0 Å². The highest BCUT2D eigenvalue weighted by molar-refractivity contribution is 5.36. The number of benzene rings is 1. The highest BCUT2D eigenvalue weighted by Crippen LogP contribution is 2.12. The van der Waals surface area contributed by atoms with Crippen molar-refractivity contribution in [3.8, 4) is 11.4 Å². The van der Waals surface area contributed by atoms with Crippen LogP contribution in [0.1, 0.15) is 18.4 Å². The molecule has 0 aliphatic carbocycles. The van der Waals surface area contributed by atoms with E-state index in [1.54, 1.807) is 6.20 Å². The average Bonchev–Trinajstić information content (AvgIpc) is 2.99. The Kier molecular flexibility index (Phi) is 4.06. The summed E-state index contributed by atoms with van der Waals surface area (Å²) in [6.07, 6.45) is 5.28. The average molecular weight is 284 g/mol. The molecule has 1 aliphatic heterocycles. The molecule has 4 nitrogen and oxygen atoms in total. The number of hydrogen-bond donors (Lipinski definition) is 1. The van der Waals surface area contributed by atoms with Crippen LogP contribution in [-0.2, 0) is 6.42 Å². The van der Waals surface area contributed by atoms with Crippen LogP contribution >= 0.6 is 0 Å². The topological polar surface area (TPSA) is 45.5 Å². The fraction of sp³-hybridized carbons (Fsp3) is 0.353. The first kappa shape index (κ1) is 13.9. The maximum Gasteiger partial charge on any atom is 0.258 e. The van der Waals surface area contributed by atoms with Gasteiger partial charge in [-0.25, -0.2) is 0 Å². The highest BCUT2D eigenvalue weighted by atomic mass is 16.3. The monoisotopic (exact) mass is 284 g/mol. The first-order valence-electron chi connectivity index (χ1n) is 7.46. The summed E-state index contributed by atoms with van der Waals surface area (Å²) >= 11 is 0. The summed E-state index contributed by atoms with van der Waals surface area (Å²) in [6.45, 7) is 3.56. The predicted molar refractivity (Wildman–Crippen MR) is 83.1 cm³/mol. The van der Waals surface area contributed by atoms with Crippen molar-refractivity contribution in [2.75, 3.05) is 19.6 Å². The summed E-state index contributed by atoms with van der Waals surface area (Å²) in [5, 5.41) is 9.28. The molecule has 2 aromatic rings. The fourth-order valence-electron chi connectivity index (χ4n) is 2.80. The summed E-state index contributed by atoms with van der Waals surface area (Å²) in [4.78, 5) is 14.3. The lowest BCUT2D eigenvalue weighted by molar-refractivity contribution is 0.343. The third-order valence-electron chi connectivity index (χ3n) is 4.03. The molecule has 1 N–H and O–H groups in total. The number of nitrogens with zero attached hydrogens (tertiary/aromatic N) is 2. The molecular weight excluding hydrogens is 264 g/mol. The molecule has 1 aromatic heterocycles. The van der Waals surface area contributed by atoms with Gasteiger partial charge in [0.2, 0.25) is 0 Å². The first-order valence-corrected chi connectivity index (χ1v) is 7.46. The molecule has 1 fully saturated rings. The van der Waals surface area contributed by atoms with Crippen LogP contribution in [0.15, 0.2) is 47.4 Å². The van der Waals surface area contributed by atoms with E-state index in [-0.39, 0.29) is 11.3 Å². The van der Waals surface area contributed by atoms with Crippen LogP contribution in [0.4, 0.5) is 0 Å². The Morgan fingerprint density at radius 1 is 1.05 bits per heavy atom. The Labute approximate surface area is 124 Å². The van der Waals surface area contributed by atoms with Crippen molar-refractivity contribution < 1.29 is 5.11 Å². The maximum absolute atomic E-state index is 11.8. The van der Waals surface area contributed by atoms with E-state index in [2.05, 4.69) is 17.0 Å². The minimum atomic E-state index is -0.222. The lowest BCUT2D eigenvalue weighted by Gasteiger charge is -2.14. The fourth-order valence-corrected chi connectivity index (χ4v) is 2.80. The third-order valence-corrected chi connectivity index (χ3v) is 4.03. The number of rotatable bonds is 4. The largest absolute Gasteiger partial charge is 0.508 e. The van der Waals surface area contributed by atoms with E-state index in [9.17, 15) is 9.90 Å². The van der Waals surface area contributed by atoms with Gasteiger partial charge in [-0.2, -0.15) is 0 Å². The zero-order chi connectivity index (χ0) is 14.7. The minimum Gasteiger partial charge on any atom is -0.508 e. The number of aromatic nitrogens is 1. The van der Waals surface area contributed by atoms with E-state index >= 15 is 0 Å². The quantitative estimate of drug-likeness (QED) is 0.936. The van der Waals surface area contributed by atoms with Gasteiger partial charge >= 0.3 is 0 Å². The van der Waals surface area contributed by atoms with Gasteiger partial charge in [-0.3, -0.25) is 9.36 Å². The van der Waals surface area contributed by atoms with Crippen molar-refractivity contribution in [2.24, 2.45) is 0 Å². The molecule has 0 bridgehead atoms. The molecule has 0 atom stereocenters. The Morgan fingerprint density at radius 2 is 1.76 bits per heavy atom. The van der Waals surface area contributed by atoms with Crippen LogP contribution in [-0.4, -0.2) is 34.2 Å². The van der Waals surface area contributed by atoms with Crippen molar-refractivity contribution >= 4 is 0 Å². The Hall–Kier alpha value is -2.07. The van der Waals surface area contributed by atoms with Crippen LogP contribution in [0.25, 0.3) is 5.69 Å². The first-order chi connectivity index (χ1) is 10.2. The van der Waals surface area contributed by atoms with E-state index in [1.807, 2.05) is 12.1 Å². The minimum absolute atomic E-state index is 0.00140. The third kappa shape index (κ3) is 3.34. The van der Waals surface area contributed by atoms with Gasteiger partial charge in [0.25, 0.3) is 5.56 Å². The van der Waals surface area contributed by atoms with Gasteiger partial charge in [0.1, 0.15) is 5.75 Å². The molecule has 0 amide bonds. The SMILES string of the molecule is O=c1cc(O)ccn1-c1ccc(CCN2CCCC2)cc1. The van der Waals surface area contributed by atoms with Crippen molar-refractivity contribution in [2.45, 2.75) is 19.3 Å². The summed E-state index contributed by atoms with van der Waals surface area (Å²) in [5.41, 5.74) is 1.89. The molecule has 2 heterocycles. The molecule has 3 rings (SSSR count). The summed E-state index contributed by atoms with van der Waals surface area (Å²) < 4.78 is 1.53.